The molecule has 3 heteroatoms. The van der Waals surface area contributed by atoms with Crippen LogP contribution < -0.4 is 5.32 Å². The van der Waals surface area contributed by atoms with Crippen molar-refractivity contribution in [3.8, 4) is 6.07 Å². The molecular weight excluding hydrogens is 188 g/mol. The lowest BCUT2D eigenvalue weighted by molar-refractivity contribution is 0.0953. The van der Waals surface area contributed by atoms with Crippen LogP contribution >= 0.6 is 0 Å². The molecule has 0 saturated heterocycles. The maximum Gasteiger partial charge on any atom is 0.251 e. The maximum atomic E-state index is 11.6. The second-order valence-electron chi connectivity index (χ2n) is 3.30. The molecule has 1 amide bonds. The van der Waals surface area contributed by atoms with E-state index in [1.165, 1.54) is 0 Å². The Labute approximate surface area is 89.7 Å². The Morgan fingerprint density at radius 1 is 1.53 bits per heavy atom. The number of rotatable bonds is 4. The third-order valence-electron chi connectivity index (χ3n) is 2.07. The first-order chi connectivity index (χ1) is 7.27. The van der Waals surface area contributed by atoms with Gasteiger partial charge in [-0.3, -0.25) is 4.79 Å². The summed E-state index contributed by atoms with van der Waals surface area (Å²) in [7, 11) is 0. The minimum absolute atomic E-state index is 0.111. The van der Waals surface area contributed by atoms with Gasteiger partial charge in [0.25, 0.3) is 5.91 Å². The van der Waals surface area contributed by atoms with Crippen LogP contribution in [0.15, 0.2) is 24.3 Å². The predicted octanol–water partition coefficient (Wildman–Crippen LogP) is 2.09. The molecule has 0 bridgehead atoms. The number of hydrogen-bond donors (Lipinski definition) is 1. The lowest BCUT2D eigenvalue weighted by Crippen LogP contribution is -2.24. The lowest BCUT2D eigenvalue weighted by atomic mass is 10.1. The minimum Gasteiger partial charge on any atom is -0.352 e. The normalized spacial score (nSPS) is 9.33. The highest BCUT2D eigenvalue weighted by Crippen LogP contribution is 2.03. The Hall–Kier alpha value is -1.82. The van der Waals surface area contributed by atoms with Gasteiger partial charge in [-0.2, -0.15) is 5.26 Å². The van der Waals surface area contributed by atoms with E-state index in [1.807, 2.05) is 6.07 Å². The smallest absolute Gasteiger partial charge is 0.251 e. The van der Waals surface area contributed by atoms with Crippen LogP contribution in [0.4, 0.5) is 0 Å². The summed E-state index contributed by atoms with van der Waals surface area (Å²) >= 11 is 0. The van der Waals surface area contributed by atoms with Gasteiger partial charge in [-0.1, -0.05) is 19.4 Å². The summed E-state index contributed by atoms with van der Waals surface area (Å²) in [6.45, 7) is 2.76. The Morgan fingerprint density at radius 2 is 2.33 bits per heavy atom. The Bertz CT molecular complexity index is 379. The van der Waals surface area contributed by atoms with E-state index >= 15 is 0 Å². The van der Waals surface area contributed by atoms with Gasteiger partial charge in [0.15, 0.2) is 0 Å². The maximum absolute atomic E-state index is 11.6. The Morgan fingerprint density at radius 3 is 3.00 bits per heavy atom. The SMILES string of the molecule is CCCCNC(=O)c1cccc(C#N)c1. The number of hydrogen-bond acceptors (Lipinski definition) is 2. The zero-order valence-electron chi connectivity index (χ0n) is 8.79. The molecule has 0 aliphatic carbocycles. The first kappa shape index (κ1) is 11.3. The van der Waals surface area contributed by atoms with Crippen LogP contribution in [0.5, 0.6) is 0 Å². The van der Waals surface area contributed by atoms with Gasteiger partial charge in [0.05, 0.1) is 11.6 Å². The second kappa shape index (κ2) is 5.82. The third kappa shape index (κ3) is 3.43. The monoisotopic (exact) mass is 202 g/mol. The highest BCUT2D eigenvalue weighted by Gasteiger charge is 2.04. The van der Waals surface area contributed by atoms with Crippen molar-refractivity contribution in [2.75, 3.05) is 6.54 Å². The molecule has 0 unspecified atom stereocenters. The van der Waals surface area contributed by atoms with Crippen LogP contribution in [-0.2, 0) is 0 Å². The average molecular weight is 202 g/mol. The van der Waals surface area contributed by atoms with E-state index in [4.69, 9.17) is 5.26 Å². The molecule has 1 aromatic carbocycles. The lowest BCUT2D eigenvalue weighted by Gasteiger charge is -2.03. The van der Waals surface area contributed by atoms with Gasteiger partial charge in [-0.15, -0.1) is 0 Å². The summed E-state index contributed by atoms with van der Waals surface area (Å²) < 4.78 is 0. The Kier molecular flexibility index (Phi) is 4.36. The van der Waals surface area contributed by atoms with Crippen LogP contribution in [0.25, 0.3) is 0 Å². The van der Waals surface area contributed by atoms with E-state index in [-0.39, 0.29) is 5.91 Å². The zero-order chi connectivity index (χ0) is 11.1. The number of nitrogens with one attached hydrogen (secondary N) is 1. The van der Waals surface area contributed by atoms with Crippen LogP contribution in [0.3, 0.4) is 0 Å². The molecule has 0 saturated carbocycles. The van der Waals surface area contributed by atoms with Gasteiger partial charge in [0.2, 0.25) is 0 Å². The molecule has 0 spiro atoms. The predicted molar refractivity (Wildman–Crippen MR) is 58.4 cm³/mol. The van der Waals surface area contributed by atoms with Crippen molar-refractivity contribution in [1.29, 1.82) is 5.26 Å². The minimum atomic E-state index is -0.111. The number of unbranched alkanes of at least 4 members (excludes halogenated alkanes) is 1. The van der Waals surface area contributed by atoms with Crippen LogP contribution in [0.2, 0.25) is 0 Å². The topological polar surface area (TPSA) is 52.9 Å². The summed E-state index contributed by atoms with van der Waals surface area (Å²) in [6, 6.07) is 8.72. The van der Waals surface area contributed by atoms with Crippen molar-refractivity contribution in [3.63, 3.8) is 0 Å². The summed E-state index contributed by atoms with van der Waals surface area (Å²) in [5.74, 6) is -0.111. The number of benzene rings is 1. The Balaban J connectivity index is 2.62. The van der Waals surface area contributed by atoms with Crippen LogP contribution in [0, 0.1) is 11.3 Å². The fraction of sp³-hybridized carbons (Fsp3) is 0.333. The molecule has 15 heavy (non-hydrogen) atoms. The molecule has 0 aromatic heterocycles. The quantitative estimate of drug-likeness (QED) is 0.760. The molecule has 0 fully saturated rings. The van der Waals surface area contributed by atoms with E-state index in [0.29, 0.717) is 17.7 Å². The highest BCUT2D eigenvalue weighted by molar-refractivity contribution is 5.94. The molecule has 1 rings (SSSR count). The number of nitrogens with zero attached hydrogens (tertiary/aromatic N) is 1. The molecule has 0 radical (unpaired) electrons. The van der Waals surface area contributed by atoms with Gasteiger partial charge in [-0.05, 0) is 24.6 Å². The summed E-state index contributed by atoms with van der Waals surface area (Å²) in [4.78, 5) is 11.6. The van der Waals surface area contributed by atoms with E-state index in [1.54, 1.807) is 24.3 Å². The van der Waals surface area contributed by atoms with E-state index < -0.39 is 0 Å². The van der Waals surface area contributed by atoms with Crippen molar-refractivity contribution in [3.05, 3.63) is 35.4 Å². The van der Waals surface area contributed by atoms with Crippen molar-refractivity contribution >= 4 is 5.91 Å². The van der Waals surface area contributed by atoms with Crippen molar-refractivity contribution in [2.45, 2.75) is 19.8 Å². The van der Waals surface area contributed by atoms with Gasteiger partial charge in [0, 0.05) is 12.1 Å². The van der Waals surface area contributed by atoms with Gasteiger partial charge in [-0.25, -0.2) is 0 Å². The molecule has 1 N–H and O–H groups in total. The molecular formula is C12H14N2O. The molecule has 0 atom stereocenters. The van der Waals surface area contributed by atoms with E-state index in [9.17, 15) is 4.79 Å². The zero-order valence-corrected chi connectivity index (χ0v) is 8.79. The van der Waals surface area contributed by atoms with Gasteiger partial charge >= 0.3 is 0 Å². The van der Waals surface area contributed by atoms with Crippen molar-refractivity contribution in [1.82, 2.24) is 5.32 Å². The number of amides is 1. The molecule has 3 nitrogen and oxygen atoms in total. The van der Waals surface area contributed by atoms with Crippen molar-refractivity contribution < 1.29 is 4.79 Å². The second-order valence-corrected chi connectivity index (χ2v) is 3.30. The molecule has 0 aliphatic heterocycles. The third-order valence-corrected chi connectivity index (χ3v) is 2.07. The fourth-order valence-corrected chi connectivity index (χ4v) is 1.21. The van der Waals surface area contributed by atoms with Crippen molar-refractivity contribution in [2.24, 2.45) is 0 Å². The molecule has 78 valence electrons. The highest BCUT2D eigenvalue weighted by atomic mass is 16.1. The molecule has 1 aromatic rings. The van der Waals surface area contributed by atoms with Crippen LogP contribution in [-0.4, -0.2) is 12.5 Å². The molecule has 0 aliphatic rings. The number of carbonyl (C=O) groups is 1. The fourth-order valence-electron chi connectivity index (χ4n) is 1.21. The van der Waals surface area contributed by atoms with Gasteiger partial charge in [0.1, 0.15) is 0 Å². The van der Waals surface area contributed by atoms with Gasteiger partial charge < -0.3 is 5.32 Å². The largest absolute Gasteiger partial charge is 0.352 e. The van der Waals surface area contributed by atoms with Crippen LogP contribution in [0.1, 0.15) is 35.7 Å². The summed E-state index contributed by atoms with van der Waals surface area (Å²) in [6.07, 6.45) is 2.03. The summed E-state index contributed by atoms with van der Waals surface area (Å²) in [5, 5.41) is 11.5. The van der Waals surface area contributed by atoms with E-state index in [0.717, 1.165) is 12.8 Å². The number of carbonyl (C=O) groups excluding carboxylic acids is 1. The summed E-state index contributed by atoms with van der Waals surface area (Å²) in [5.41, 5.74) is 1.06. The molecule has 0 heterocycles. The average Bonchev–Trinajstić information content (AvgIpc) is 2.29. The first-order valence-corrected chi connectivity index (χ1v) is 5.06. The standard InChI is InChI=1S/C12H14N2O/c1-2-3-7-14-12(15)11-6-4-5-10(8-11)9-13/h4-6,8H,2-3,7H2,1H3,(H,14,15). The first-order valence-electron chi connectivity index (χ1n) is 5.06. The van der Waals surface area contributed by atoms with E-state index in [2.05, 4.69) is 12.2 Å². The number of nitriles is 1.